The molecule has 0 spiro atoms. The highest BCUT2D eigenvalue weighted by Gasteiger charge is 2.10. The Labute approximate surface area is 86.8 Å². The van der Waals surface area contributed by atoms with E-state index in [1.54, 1.807) is 12.1 Å². The van der Waals surface area contributed by atoms with E-state index in [4.69, 9.17) is 17.4 Å². The minimum atomic E-state index is -0.515. The zero-order valence-electron chi connectivity index (χ0n) is 7.72. The van der Waals surface area contributed by atoms with Crippen molar-refractivity contribution in [2.75, 3.05) is 6.54 Å². The van der Waals surface area contributed by atoms with E-state index in [9.17, 15) is 4.39 Å². The van der Waals surface area contributed by atoms with Crippen LogP contribution in [0.5, 0.6) is 0 Å². The van der Waals surface area contributed by atoms with Crippen molar-refractivity contribution >= 4 is 17.4 Å². The maximum absolute atomic E-state index is 13.5. The molecule has 1 aromatic carbocycles. The molecule has 0 unspecified atom stereocenters. The summed E-state index contributed by atoms with van der Waals surface area (Å²) in [6, 6.07) is 4.68. The Bertz CT molecular complexity index is 352. The van der Waals surface area contributed by atoms with Crippen molar-refractivity contribution in [2.45, 2.75) is 6.92 Å². The lowest BCUT2D eigenvalue weighted by Crippen LogP contribution is -2.32. The summed E-state index contributed by atoms with van der Waals surface area (Å²) in [6.45, 7) is 2.35. The standard InChI is InChI=1S/C9H11ClFN3/c1-2-13-9(14-12)6-4-3-5-7(10)8(6)11/h3-5H,2,12H2,1H3,(H,13,14). The van der Waals surface area contributed by atoms with E-state index < -0.39 is 5.82 Å². The smallest absolute Gasteiger partial charge is 0.152 e. The molecule has 76 valence electrons. The number of nitrogens with zero attached hydrogens (tertiary/aromatic N) is 1. The van der Waals surface area contributed by atoms with Crippen molar-refractivity contribution in [1.29, 1.82) is 0 Å². The van der Waals surface area contributed by atoms with Crippen molar-refractivity contribution in [1.82, 2.24) is 5.43 Å². The van der Waals surface area contributed by atoms with Crippen LogP contribution < -0.4 is 11.3 Å². The first-order valence-corrected chi connectivity index (χ1v) is 4.54. The van der Waals surface area contributed by atoms with Gasteiger partial charge in [-0.1, -0.05) is 17.7 Å². The topological polar surface area (TPSA) is 50.4 Å². The Kier molecular flexibility index (Phi) is 3.85. The van der Waals surface area contributed by atoms with Gasteiger partial charge < -0.3 is 5.43 Å². The quantitative estimate of drug-likeness (QED) is 0.342. The summed E-state index contributed by atoms with van der Waals surface area (Å²) in [5.74, 6) is 5.00. The summed E-state index contributed by atoms with van der Waals surface area (Å²) in [6.07, 6.45) is 0. The van der Waals surface area contributed by atoms with Gasteiger partial charge in [-0.3, -0.25) is 4.99 Å². The number of nitrogens with one attached hydrogen (secondary N) is 1. The highest BCUT2D eigenvalue weighted by molar-refractivity contribution is 6.31. The van der Waals surface area contributed by atoms with Crippen LogP contribution in [0.1, 0.15) is 12.5 Å². The van der Waals surface area contributed by atoms with Gasteiger partial charge in [-0.2, -0.15) is 0 Å². The van der Waals surface area contributed by atoms with Crippen LogP contribution in [0.25, 0.3) is 0 Å². The maximum Gasteiger partial charge on any atom is 0.152 e. The molecule has 1 rings (SSSR count). The van der Waals surface area contributed by atoms with Gasteiger partial charge in [0.1, 0.15) is 5.84 Å². The number of hydrogen-bond acceptors (Lipinski definition) is 2. The third kappa shape index (κ3) is 2.21. The fourth-order valence-corrected chi connectivity index (χ4v) is 1.23. The minimum absolute atomic E-state index is 0.0570. The van der Waals surface area contributed by atoms with E-state index >= 15 is 0 Å². The van der Waals surface area contributed by atoms with E-state index in [0.717, 1.165) is 0 Å². The van der Waals surface area contributed by atoms with Gasteiger partial charge in [-0.05, 0) is 19.1 Å². The third-order valence-electron chi connectivity index (χ3n) is 1.66. The molecule has 3 N–H and O–H groups in total. The van der Waals surface area contributed by atoms with Crippen LogP contribution in [0.2, 0.25) is 5.02 Å². The van der Waals surface area contributed by atoms with E-state index in [0.29, 0.717) is 12.4 Å². The van der Waals surface area contributed by atoms with Crippen LogP contribution in [0.15, 0.2) is 23.2 Å². The highest BCUT2D eigenvalue weighted by atomic mass is 35.5. The molecule has 0 saturated carbocycles. The van der Waals surface area contributed by atoms with E-state index in [1.165, 1.54) is 6.07 Å². The van der Waals surface area contributed by atoms with Crippen LogP contribution in [-0.4, -0.2) is 12.4 Å². The molecule has 0 aromatic heterocycles. The molecule has 0 aliphatic carbocycles. The number of hydrogen-bond donors (Lipinski definition) is 2. The summed E-state index contributed by atoms with van der Waals surface area (Å²) in [5.41, 5.74) is 2.62. The van der Waals surface area contributed by atoms with Gasteiger partial charge >= 0.3 is 0 Å². The van der Waals surface area contributed by atoms with Gasteiger partial charge in [-0.25, -0.2) is 10.2 Å². The predicted molar refractivity (Wildman–Crippen MR) is 55.8 cm³/mol. The first-order chi connectivity index (χ1) is 6.70. The third-order valence-corrected chi connectivity index (χ3v) is 1.95. The van der Waals surface area contributed by atoms with E-state index in [1.807, 2.05) is 6.92 Å². The van der Waals surface area contributed by atoms with Crippen LogP contribution in [-0.2, 0) is 0 Å². The number of halogens is 2. The second-order valence-corrected chi connectivity index (χ2v) is 2.98. The van der Waals surface area contributed by atoms with Gasteiger partial charge in [0.15, 0.2) is 5.82 Å². The number of nitrogens with two attached hydrogens (primary N) is 1. The van der Waals surface area contributed by atoms with E-state index in [-0.39, 0.29) is 10.6 Å². The summed E-state index contributed by atoms with van der Waals surface area (Å²) < 4.78 is 13.5. The first kappa shape index (κ1) is 10.9. The fraction of sp³-hybridized carbons (Fsp3) is 0.222. The fourth-order valence-electron chi connectivity index (χ4n) is 1.05. The van der Waals surface area contributed by atoms with Crippen LogP contribution >= 0.6 is 11.6 Å². The summed E-state index contributed by atoms with van der Waals surface area (Å²) in [7, 11) is 0. The van der Waals surface area contributed by atoms with Crippen molar-refractivity contribution in [2.24, 2.45) is 10.8 Å². The van der Waals surface area contributed by atoms with Crippen molar-refractivity contribution in [3.8, 4) is 0 Å². The summed E-state index contributed by atoms with van der Waals surface area (Å²) in [4.78, 5) is 4.00. The zero-order chi connectivity index (χ0) is 10.6. The van der Waals surface area contributed by atoms with Gasteiger partial charge in [0, 0.05) is 6.54 Å². The Balaban J connectivity index is 3.17. The second-order valence-electron chi connectivity index (χ2n) is 2.57. The number of rotatable bonds is 2. The lowest BCUT2D eigenvalue weighted by molar-refractivity contribution is 0.624. The van der Waals surface area contributed by atoms with Gasteiger partial charge in [0.25, 0.3) is 0 Å². The summed E-state index contributed by atoms with van der Waals surface area (Å²) in [5, 5.41) is 0.0570. The van der Waals surface area contributed by atoms with Crippen molar-refractivity contribution in [3.05, 3.63) is 34.6 Å². The van der Waals surface area contributed by atoms with E-state index in [2.05, 4.69) is 10.4 Å². The molecule has 0 bridgehead atoms. The minimum Gasteiger partial charge on any atom is -0.308 e. The number of benzene rings is 1. The zero-order valence-corrected chi connectivity index (χ0v) is 8.48. The van der Waals surface area contributed by atoms with Crippen LogP contribution in [0, 0.1) is 5.82 Å². The molecule has 0 atom stereocenters. The molecule has 5 heteroatoms. The average Bonchev–Trinajstić information content (AvgIpc) is 2.19. The monoisotopic (exact) mass is 215 g/mol. The Morgan fingerprint density at radius 1 is 1.64 bits per heavy atom. The second kappa shape index (κ2) is 4.93. The van der Waals surface area contributed by atoms with Crippen molar-refractivity contribution < 1.29 is 4.39 Å². The van der Waals surface area contributed by atoms with Crippen LogP contribution in [0.4, 0.5) is 4.39 Å². The van der Waals surface area contributed by atoms with Gasteiger partial charge in [0.05, 0.1) is 10.6 Å². The Hall–Kier alpha value is -1.13. The number of hydrazine groups is 1. The predicted octanol–water partition coefficient (Wildman–Crippen LogP) is 1.71. The summed E-state index contributed by atoms with van der Waals surface area (Å²) >= 11 is 5.62. The molecule has 0 heterocycles. The Morgan fingerprint density at radius 3 is 2.93 bits per heavy atom. The van der Waals surface area contributed by atoms with Crippen molar-refractivity contribution in [3.63, 3.8) is 0 Å². The largest absolute Gasteiger partial charge is 0.308 e. The molecule has 0 saturated heterocycles. The Morgan fingerprint density at radius 2 is 2.36 bits per heavy atom. The maximum atomic E-state index is 13.5. The molecule has 0 radical (unpaired) electrons. The van der Waals surface area contributed by atoms with Gasteiger partial charge in [-0.15, -0.1) is 0 Å². The molecule has 14 heavy (non-hydrogen) atoms. The first-order valence-electron chi connectivity index (χ1n) is 4.16. The number of amidine groups is 1. The van der Waals surface area contributed by atoms with Crippen LogP contribution in [0.3, 0.4) is 0 Å². The molecular formula is C9H11ClFN3. The molecule has 0 fully saturated rings. The number of aliphatic imine (C=N–C) groups is 1. The lowest BCUT2D eigenvalue weighted by Gasteiger charge is -2.07. The SMILES string of the molecule is CCN=C(NN)c1cccc(Cl)c1F. The molecule has 1 aromatic rings. The molecule has 0 amide bonds. The molecular weight excluding hydrogens is 205 g/mol. The highest BCUT2D eigenvalue weighted by Crippen LogP contribution is 2.17. The molecule has 0 aliphatic rings. The normalized spacial score (nSPS) is 11.6. The lowest BCUT2D eigenvalue weighted by atomic mass is 10.2. The van der Waals surface area contributed by atoms with Gasteiger partial charge in [0.2, 0.25) is 0 Å². The average molecular weight is 216 g/mol. The molecule has 0 aliphatic heterocycles. The molecule has 3 nitrogen and oxygen atoms in total.